The smallest absolute Gasteiger partial charge is 0.170 e. The number of carbonyl (C=O) groups is 1. The second-order valence-electron chi connectivity index (χ2n) is 4.04. The largest absolute Gasteiger partial charge is 0.294 e. The van der Waals surface area contributed by atoms with E-state index in [2.05, 4.69) is 0 Å². The fourth-order valence-corrected chi connectivity index (χ4v) is 3.02. The fraction of sp³-hybridized carbons (Fsp3) is 0.0714. The molecule has 1 nitrogen and oxygen atoms in total. The first-order valence-corrected chi connectivity index (χ1v) is 7.02. The molecule has 0 radical (unpaired) electrons. The molecule has 20 heavy (non-hydrogen) atoms. The van der Waals surface area contributed by atoms with Crippen LogP contribution < -0.4 is 0 Å². The van der Waals surface area contributed by atoms with E-state index in [9.17, 15) is 9.18 Å². The lowest BCUT2D eigenvalue weighted by Gasteiger charge is -2.09. The van der Waals surface area contributed by atoms with Crippen molar-refractivity contribution < 1.29 is 9.18 Å². The Balaban J connectivity index is 2.39. The van der Waals surface area contributed by atoms with Gasteiger partial charge in [-0.2, -0.15) is 0 Å². The minimum absolute atomic E-state index is 0.108. The molecule has 0 aliphatic heterocycles. The molecule has 0 fully saturated rings. The summed E-state index contributed by atoms with van der Waals surface area (Å²) in [7, 11) is 0. The summed E-state index contributed by atoms with van der Waals surface area (Å²) in [6, 6.07) is 7.03. The Labute approximate surface area is 135 Å². The minimum Gasteiger partial charge on any atom is -0.294 e. The van der Waals surface area contributed by atoms with Crippen LogP contribution in [0.2, 0.25) is 20.1 Å². The molecule has 0 aliphatic carbocycles. The average molecular weight is 352 g/mol. The highest BCUT2D eigenvalue weighted by Crippen LogP contribution is 2.31. The lowest BCUT2D eigenvalue weighted by Crippen LogP contribution is -2.07. The Hall–Kier alpha value is -0.800. The van der Waals surface area contributed by atoms with Crippen molar-refractivity contribution in [2.75, 3.05) is 0 Å². The summed E-state index contributed by atoms with van der Waals surface area (Å²) in [5.74, 6) is -0.976. The first-order chi connectivity index (χ1) is 9.40. The first-order valence-electron chi connectivity index (χ1n) is 5.50. The average Bonchev–Trinajstić information content (AvgIpc) is 2.32. The lowest BCUT2D eigenvalue weighted by molar-refractivity contribution is 0.0992. The SMILES string of the molecule is O=C(Cc1c(F)cccc1Cl)c1c(Cl)cc(Cl)cc1Cl. The summed E-state index contributed by atoms with van der Waals surface area (Å²) in [4.78, 5) is 12.2. The third-order valence-corrected chi connectivity index (χ3v) is 3.85. The number of rotatable bonds is 3. The number of hydrogen-bond acceptors (Lipinski definition) is 1. The topological polar surface area (TPSA) is 17.1 Å². The van der Waals surface area contributed by atoms with E-state index in [1.807, 2.05) is 0 Å². The van der Waals surface area contributed by atoms with Gasteiger partial charge < -0.3 is 0 Å². The Morgan fingerprint density at radius 2 is 1.60 bits per heavy atom. The second-order valence-corrected chi connectivity index (χ2v) is 5.70. The minimum atomic E-state index is -0.549. The van der Waals surface area contributed by atoms with Crippen molar-refractivity contribution in [3.63, 3.8) is 0 Å². The van der Waals surface area contributed by atoms with Crippen molar-refractivity contribution in [3.8, 4) is 0 Å². The highest BCUT2D eigenvalue weighted by Gasteiger charge is 2.19. The summed E-state index contributed by atoms with van der Waals surface area (Å²) >= 11 is 23.6. The van der Waals surface area contributed by atoms with Crippen molar-refractivity contribution in [2.45, 2.75) is 6.42 Å². The van der Waals surface area contributed by atoms with Gasteiger partial charge in [-0.05, 0) is 24.3 Å². The van der Waals surface area contributed by atoms with Gasteiger partial charge in [-0.3, -0.25) is 4.79 Å². The fourth-order valence-electron chi connectivity index (χ4n) is 1.76. The molecule has 0 unspecified atom stereocenters. The van der Waals surface area contributed by atoms with Crippen LogP contribution in [0, 0.1) is 5.82 Å². The Morgan fingerprint density at radius 3 is 2.15 bits per heavy atom. The van der Waals surface area contributed by atoms with Crippen molar-refractivity contribution in [2.24, 2.45) is 0 Å². The van der Waals surface area contributed by atoms with Crippen LogP contribution in [-0.2, 0) is 6.42 Å². The van der Waals surface area contributed by atoms with E-state index in [0.29, 0.717) is 5.02 Å². The Morgan fingerprint density at radius 1 is 1.00 bits per heavy atom. The van der Waals surface area contributed by atoms with E-state index in [1.165, 1.54) is 30.3 Å². The third kappa shape index (κ3) is 3.26. The van der Waals surface area contributed by atoms with Crippen LogP contribution >= 0.6 is 46.4 Å². The van der Waals surface area contributed by atoms with Crippen molar-refractivity contribution >= 4 is 52.2 Å². The monoisotopic (exact) mass is 350 g/mol. The number of halogens is 5. The number of hydrogen-bond donors (Lipinski definition) is 0. The second kappa shape index (κ2) is 6.31. The number of Topliss-reactive ketones (excluding diaryl/α,β-unsaturated/α-hetero) is 1. The highest BCUT2D eigenvalue weighted by atomic mass is 35.5. The van der Waals surface area contributed by atoms with E-state index in [-0.39, 0.29) is 32.6 Å². The van der Waals surface area contributed by atoms with Gasteiger partial charge in [-0.1, -0.05) is 52.5 Å². The molecule has 2 rings (SSSR count). The molecular weight excluding hydrogens is 345 g/mol. The summed E-state index contributed by atoms with van der Waals surface area (Å²) in [5, 5.41) is 0.750. The maximum absolute atomic E-state index is 13.7. The molecule has 0 aliphatic rings. The van der Waals surface area contributed by atoms with E-state index in [1.54, 1.807) is 0 Å². The Bertz CT molecular complexity index is 642. The van der Waals surface area contributed by atoms with Crippen LogP contribution in [0.4, 0.5) is 4.39 Å². The van der Waals surface area contributed by atoms with Gasteiger partial charge in [-0.25, -0.2) is 4.39 Å². The summed E-state index contributed by atoms with van der Waals surface area (Å²) in [5.41, 5.74) is 0.221. The van der Waals surface area contributed by atoms with Gasteiger partial charge in [0.1, 0.15) is 5.82 Å². The number of carbonyl (C=O) groups excluding carboxylic acids is 1. The molecular formula is C14H7Cl4FO. The molecule has 0 heterocycles. The zero-order valence-corrected chi connectivity index (χ0v) is 12.9. The zero-order chi connectivity index (χ0) is 14.9. The molecule has 0 bridgehead atoms. The van der Waals surface area contributed by atoms with Gasteiger partial charge >= 0.3 is 0 Å². The maximum Gasteiger partial charge on any atom is 0.170 e. The maximum atomic E-state index is 13.7. The molecule has 0 atom stereocenters. The van der Waals surface area contributed by atoms with Crippen molar-refractivity contribution in [1.29, 1.82) is 0 Å². The van der Waals surface area contributed by atoms with E-state index < -0.39 is 11.6 Å². The molecule has 104 valence electrons. The normalized spacial score (nSPS) is 10.7. The van der Waals surface area contributed by atoms with E-state index in [4.69, 9.17) is 46.4 Å². The van der Waals surface area contributed by atoms with Crippen LogP contribution in [-0.4, -0.2) is 5.78 Å². The molecule has 0 saturated carbocycles. The third-order valence-electron chi connectivity index (χ3n) is 2.68. The van der Waals surface area contributed by atoms with E-state index >= 15 is 0 Å². The molecule has 0 amide bonds. The standard InChI is InChI=1S/C14H7Cl4FO/c15-7-4-10(17)14(11(18)5-7)13(20)6-8-9(16)2-1-3-12(8)19/h1-5H,6H2. The van der Waals surface area contributed by atoms with Crippen LogP contribution in [0.1, 0.15) is 15.9 Å². The predicted molar refractivity (Wildman–Crippen MR) is 80.9 cm³/mol. The highest BCUT2D eigenvalue weighted by molar-refractivity contribution is 6.42. The van der Waals surface area contributed by atoms with Gasteiger partial charge in [0.15, 0.2) is 5.78 Å². The molecule has 0 aromatic heterocycles. The van der Waals surface area contributed by atoms with Crippen LogP contribution in [0.3, 0.4) is 0 Å². The summed E-state index contributed by atoms with van der Waals surface area (Å²) < 4.78 is 13.7. The predicted octanol–water partition coefficient (Wildman–Crippen LogP) is 5.86. The quantitative estimate of drug-likeness (QED) is 0.632. The molecule has 2 aromatic rings. The summed E-state index contributed by atoms with van der Waals surface area (Å²) in [6.45, 7) is 0. The van der Waals surface area contributed by atoms with Crippen LogP contribution in [0.25, 0.3) is 0 Å². The van der Waals surface area contributed by atoms with Gasteiger partial charge in [0.05, 0.1) is 15.6 Å². The van der Waals surface area contributed by atoms with Crippen molar-refractivity contribution in [3.05, 3.63) is 67.4 Å². The van der Waals surface area contributed by atoms with E-state index in [0.717, 1.165) is 0 Å². The first kappa shape index (κ1) is 15.6. The van der Waals surface area contributed by atoms with Gasteiger partial charge in [0.2, 0.25) is 0 Å². The Kier molecular flexibility index (Phi) is 4.92. The molecule has 6 heteroatoms. The molecule has 0 saturated heterocycles. The van der Waals surface area contributed by atoms with Gasteiger partial charge in [0.25, 0.3) is 0 Å². The van der Waals surface area contributed by atoms with Gasteiger partial charge in [-0.15, -0.1) is 0 Å². The van der Waals surface area contributed by atoms with Crippen LogP contribution in [0.15, 0.2) is 30.3 Å². The zero-order valence-electron chi connectivity index (χ0n) is 9.89. The number of ketones is 1. The lowest BCUT2D eigenvalue weighted by atomic mass is 10.0. The van der Waals surface area contributed by atoms with Crippen molar-refractivity contribution in [1.82, 2.24) is 0 Å². The summed E-state index contributed by atoms with van der Waals surface area (Å²) in [6.07, 6.45) is -0.230. The molecule has 0 N–H and O–H groups in total. The van der Waals surface area contributed by atoms with Gasteiger partial charge in [0, 0.05) is 22.0 Å². The number of benzene rings is 2. The van der Waals surface area contributed by atoms with Crippen LogP contribution in [0.5, 0.6) is 0 Å². The molecule has 2 aromatic carbocycles. The molecule has 0 spiro atoms.